The number of hydrogen-bond donors (Lipinski definition) is 1. The number of halogens is 3. The lowest BCUT2D eigenvalue weighted by atomic mass is 9.95. The van der Waals surface area contributed by atoms with Crippen LogP contribution in [0.3, 0.4) is 0 Å². The molecule has 0 radical (unpaired) electrons. The fourth-order valence-corrected chi connectivity index (χ4v) is 4.02. The molecule has 3 heterocycles. The fraction of sp³-hybridized carbons (Fsp3) is 0.125. The van der Waals surface area contributed by atoms with Crippen LogP contribution in [-0.2, 0) is 0 Å². The summed E-state index contributed by atoms with van der Waals surface area (Å²) in [5, 5.41) is 8.35. The molecular formula is C24H17F3N4O2. The molecule has 9 heteroatoms. The van der Waals surface area contributed by atoms with Crippen molar-refractivity contribution in [2.45, 2.75) is 19.2 Å². The summed E-state index contributed by atoms with van der Waals surface area (Å²) in [7, 11) is 0. The number of hydrogen-bond acceptors (Lipinski definition) is 4. The predicted molar refractivity (Wildman–Crippen MR) is 118 cm³/mol. The first-order valence-electron chi connectivity index (χ1n) is 10.1. The molecular weight excluding hydrogens is 433 g/mol. The smallest absolute Gasteiger partial charge is 0.406 e. The Balaban J connectivity index is 1.79. The number of aromatic nitrogens is 4. The predicted octanol–water partition coefficient (Wildman–Crippen LogP) is 5.31. The average Bonchev–Trinajstić information content (AvgIpc) is 3.24. The SMILES string of the molecule is CC(c1ccccc1)c1[nH]nc2c1c(=O)n(-c1cccc(OC(F)(F)F)c1)c1ncccc21. The molecule has 0 amide bonds. The Morgan fingerprint density at radius 1 is 1.03 bits per heavy atom. The van der Waals surface area contributed by atoms with Crippen LogP contribution in [0.1, 0.15) is 24.1 Å². The highest BCUT2D eigenvalue weighted by Crippen LogP contribution is 2.31. The van der Waals surface area contributed by atoms with Gasteiger partial charge in [0.1, 0.15) is 16.9 Å². The highest BCUT2D eigenvalue weighted by molar-refractivity contribution is 6.03. The third kappa shape index (κ3) is 3.71. The first-order chi connectivity index (χ1) is 15.8. The molecule has 166 valence electrons. The van der Waals surface area contributed by atoms with Crippen LogP contribution in [0.5, 0.6) is 5.75 Å². The molecule has 2 aromatic carbocycles. The number of nitrogens with zero attached hydrogens (tertiary/aromatic N) is 3. The Hall–Kier alpha value is -4.14. The van der Waals surface area contributed by atoms with E-state index in [-0.39, 0.29) is 17.3 Å². The number of nitrogens with one attached hydrogen (secondary N) is 1. The maximum atomic E-state index is 13.8. The molecule has 5 aromatic rings. The molecule has 33 heavy (non-hydrogen) atoms. The number of ether oxygens (including phenoxy) is 1. The molecule has 0 spiro atoms. The van der Waals surface area contributed by atoms with Crippen molar-refractivity contribution < 1.29 is 17.9 Å². The van der Waals surface area contributed by atoms with Crippen molar-refractivity contribution in [1.82, 2.24) is 19.7 Å². The number of alkyl halides is 3. The van der Waals surface area contributed by atoms with Gasteiger partial charge >= 0.3 is 6.36 Å². The van der Waals surface area contributed by atoms with Gasteiger partial charge in [0.25, 0.3) is 5.56 Å². The van der Waals surface area contributed by atoms with Crippen LogP contribution in [0, 0.1) is 0 Å². The van der Waals surface area contributed by atoms with Crippen LogP contribution in [0.25, 0.3) is 27.6 Å². The summed E-state index contributed by atoms with van der Waals surface area (Å²) < 4.78 is 43.6. The lowest BCUT2D eigenvalue weighted by Crippen LogP contribution is -2.21. The van der Waals surface area contributed by atoms with Gasteiger partial charge in [0.2, 0.25) is 0 Å². The van der Waals surface area contributed by atoms with E-state index in [2.05, 4.69) is 19.9 Å². The van der Waals surface area contributed by atoms with E-state index in [9.17, 15) is 18.0 Å². The average molecular weight is 450 g/mol. The van der Waals surface area contributed by atoms with Gasteiger partial charge in [-0.2, -0.15) is 5.10 Å². The Morgan fingerprint density at radius 2 is 1.82 bits per heavy atom. The summed E-state index contributed by atoms with van der Waals surface area (Å²) in [4.78, 5) is 18.1. The van der Waals surface area contributed by atoms with Gasteiger partial charge in [0.15, 0.2) is 0 Å². The molecule has 0 aliphatic carbocycles. The van der Waals surface area contributed by atoms with Gasteiger partial charge in [-0.1, -0.05) is 43.3 Å². The molecule has 0 saturated carbocycles. The van der Waals surface area contributed by atoms with Crippen molar-refractivity contribution in [3.63, 3.8) is 0 Å². The van der Waals surface area contributed by atoms with Crippen LogP contribution >= 0.6 is 0 Å². The number of rotatable bonds is 4. The second kappa shape index (κ2) is 7.77. The summed E-state index contributed by atoms with van der Waals surface area (Å²) in [5.41, 5.74) is 2.10. The van der Waals surface area contributed by atoms with E-state index in [1.54, 1.807) is 12.1 Å². The van der Waals surface area contributed by atoms with Crippen molar-refractivity contribution in [3.8, 4) is 11.4 Å². The molecule has 1 unspecified atom stereocenters. The van der Waals surface area contributed by atoms with Gasteiger partial charge in [-0.25, -0.2) is 4.98 Å². The number of pyridine rings is 2. The van der Waals surface area contributed by atoms with Gasteiger partial charge in [-0.15, -0.1) is 13.2 Å². The highest BCUT2D eigenvalue weighted by Gasteiger charge is 2.31. The normalized spacial score (nSPS) is 12.8. The van der Waals surface area contributed by atoms with E-state index in [0.717, 1.165) is 11.6 Å². The number of fused-ring (bicyclic) bond motifs is 3. The van der Waals surface area contributed by atoms with Gasteiger partial charge < -0.3 is 4.74 Å². The van der Waals surface area contributed by atoms with E-state index in [0.29, 0.717) is 22.0 Å². The minimum atomic E-state index is -4.85. The maximum absolute atomic E-state index is 13.8. The van der Waals surface area contributed by atoms with E-state index < -0.39 is 17.7 Å². The maximum Gasteiger partial charge on any atom is 0.573 e. The first kappa shape index (κ1) is 20.7. The molecule has 0 aliphatic rings. The standard InChI is InChI=1S/C24H17F3N4O2/c1-14(15-7-3-2-4-8-15)20-19-21(30-29-20)18-11-6-12-28-22(18)31(23(19)32)16-9-5-10-17(13-16)33-24(25,26)27/h2-14H,1H3,(H,29,30). The third-order valence-corrected chi connectivity index (χ3v) is 5.51. The summed E-state index contributed by atoms with van der Waals surface area (Å²) in [6.07, 6.45) is -3.34. The van der Waals surface area contributed by atoms with Gasteiger partial charge in [-0.05, 0) is 29.8 Å². The summed E-state index contributed by atoms with van der Waals surface area (Å²) in [5.74, 6) is -0.604. The summed E-state index contributed by atoms with van der Waals surface area (Å²) in [6.45, 7) is 1.96. The minimum absolute atomic E-state index is 0.175. The molecule has 1 N–H and O–H groups in total. The van der Waals surface area contributed by atoms with Gasteiger partial charge in [0, 0.05) is 23.6 Å². The number of aromatic amines is 1. The topological polar surface area (TPSA) is 72.8 Å². The van der Waals surface area contributed by atoms with E-state index >= 15 is 0 Å². The number of H-pyrrole nitrogens is 1. The van der Waals surface area contributed by atoms with E-state index in [1.165, 1.54) is 29.0 Å². The quantitative estimate of drug-likeness (QED) is 0.403. The van der Waals surface area contributed by atoms with Crippen LogP contribution in [0.4, 0.5) is 13.2 Å². The lowest BCUT2D eigenvalue weighted by molar-refractivity contribution is -0.274. The molecule has 0 aliphatic heterocycles. The van der Waals surface area contributed by atoms with Crippen LogP contribution in [0.15, 0.2) is 77.7 Å². The summed E-state index contributed by atoms with van der Waals surface area (Å²) in [6, 6.07) is 18.4. The van der Waals surface area contributed by atoms with E-state index in [1.807, 2.05) is 37.3 Å². The first-order valence-corrected chi connectivity index (χ1v) is 10.1. The van der Waals surface area contributed by atoms with Crippen molar-refractivity contribution in [1.29, 1.82) is 0 Å². The molecule has 0 saturated heterocycles. The Labute approximate surface area is 185 Å². The fourth-order valence-electron chi connectivity index (χ4n) is 4.02. The van der Waals surface area contributed by atoms with Gasteiger partial charge in [0.05, 0.1) is 16.8 Å². The minimum Gasteiger partial charge on any atom is -0.406 e. The Kier molecular flexibility index (Phi) is 4.88. The third-order valence-electron chi connectivity index (χ3n) is 5.51. The van der Waals surface area contributed by atoms with E-state index in [4.69, 9.17) is 0 Å². The molecule has 0 fully saturated rings. The highest BCUT2D eigenvalue weighted by atomic mass is 19.4. The molecule has 3 aromatic heterocycles. The molecule has 6 nitrogen and oxygen atoms in total. The van der Waals surface area contributed by atoms with Crippen LogP contribution in [0.2, 0.25) is 0 Å². The van der Waals surface area contributed by atoms with Crippen LogP contribution < -0.4 is 10.3 Å². The van der Waals surface area contributed by atoms with Crippen molar-refractivity contribution in [3.05, 3.63) is 94.5 Å². The Morgan fingerprint density at radius 3 is 2.58 bits per heavy atom. The van der Waals surface area contributed by atoms with Crippen molar-refractivity contribution in [2.75, 3.05) is 0 Å². The Bertz CT molecular complexity index is 1520. The zero-order chi connectivity index (χ0) is 23.2. The molecule has 5 rings (SSSR count). The second-order valence-corrected chi connectivity index (χ2v) is 7.55. The zero-order valence-electron chi connectivity index (χ0n) is 17.3. The summed E-state index contributed by atoms with van der Waals surface area (Å²) >= 11 is 0. The van der Waals surface area contributed by atoms with Crippen molar-refractivity contribution in [2.24, 2.45) is 0 Å². The monoisotopic (exact) mass is 450 g/mol. The lowest BCUT2D eigenvalue weighted by Gasteiger charge is -2.14. The van der Waals surface area contributed by atoms with Gasteiger partial charge in [-0.3, -0.25) is 14.5 Å². The number of benzene rings is 2. The van der Waals surface area contributed by atoms with Crippen molar-refractivity contribution >= 4 is 21.9 Å². The largest absolute Gasteiger partial charge is 0.573 e. The molecule has 0 bridgehead atoms. The zero-order valence-corrected chi connectivity index (χ0v) is 17.3. The second-order valence-electron chi connectivity index (χ2n) is 7.55. The van der Waals surface area contributed by atoms with Crippen LogP contribution in [-0.4, -0.2) is 26.1 Å². The molecule has 1 atom stereocenters.